The van der Waals surface area contributed by atoms with Crippen LogP contribution in [0.15, 0.2) is 23.7 Å². The van der Waals surface area contributed by atoms with Gasteiger partial charge in [-0.2, -0.15) is 0 Å². The summed E-state index contributed by atoms with van der Waals surface area (Å²) in [5.41, 5.74) is 3.23. The summed E-state index contributed by atoms with van der Waals surface area (Å²) in [6.07, 6.45) is 2.50. The second kappa shape index (κ2) is 5.81. The highest BCUT2D eigenvalue weighted by Crippen LogP contribution is 2.31. The zero-order chi connectivity index (χ0) is 14.8. The van der Waals surface area contributed by atoms with E-state index >= 15 is 0 Å². The van der Waals surface area contributed by atoms with Crippen LogP contribution in [0.3, 0.4) is 0 Å². The van der Waals surface area contributed by atoms with Crippen molar-refractivity contribution in [3.8, 4) is 0 Å². The minimum atomic E-state index is -0.752. The van der Waals surface area contributed by atoms with Crippen molar-refractivity contribution in [1.82, 2.24) is 10.3 Å². The molecule has 5 nitrogen and oxygen atoms in total. The Morgan fingerprint density at radius 2 is 2.24 bits per heavy atom. The van der Waals surface area contributed by atoms with Crippen LogP contribution in [0, 0.1) is 11.8 Å². The van der Waals surface area contributed by atoms with Crippen LogP contribution in [-0.2, 0) is 4.79 Å². The zero-order valence-corrected chi connectivity index (χ0v) is 12.2. The van der Waals surface area contributed by atoms with Gasteiger partial charge in [-0.1, -0.05) is 6.42 Å². The lowest BCUT2D eigenvalue weighted by atomic mass is 9.96. The van der Waals surface area contributed by atoms with Crippen LogP contribution in [0.4, 0.5) is 0 Å². The number of aromatic nitrogens is 1. The fraction of sp³-hybridized carbons (Fsp3) is 0.400. The number of amides is 1. The molecule has 0 spiro atoms. The van der Waals surface area contributed by atoms with E-state index < -0.39 is 5.97 Å². The Bertz CT molecular complexity index is 682. The molecule has 3 rings (SSSR count). The highest BCUT2D eigenvalue weighted by molar-refractivity contribution is 7.16. The standard InChI is InChI=1S/C15H16N2O3S/c18-14(9-4-5-12-13(6-9)21-8-17-12)16-7-10-2-1-3-11(10)15(19)20/h4-6,8,10-11H,1-3,7H2,(H,16,18)(H,19,20). The quantitative estimate of drug-likeness (QED) is 0.909. The third kappa shape index (κ3) is 2.90. The normalized spacial score (nSPS) is 21.5. The molecule has 21 heavy (non-hydrogen) atoms. The highest BCUT2D eigenvalue weighted by Gasteiger charge is 2.32. The number of carboxylic acid groups (broad SMARTS) is 1. The number of benzene rings is 1. The maximum absolute atomic E-state index is 12.2. The van der Waals surface area contributed by atoms with Crippen LogP contribution < -0.4 is 5.32 Å². The Morgan fingerprint density at radius 1 is 1.38 bits per heavy atom. The molecule has 2 atom stereocenters. The Balaban J connectivity index is 1.64. The van der Waals surface area contributed by atoms with Gasteiger partial charge < -0.3 is 10.4 Å². The van der Waals surface area contributed by atoms with E-state index in [9.17, 15) is 9.59 Å². The average molecular weight is 304 g/mol. The Morgan fingerprint density at radius 3 is 3.05 bits per heavy atom. The predicted octanol–water partition coefficient (Wildman–Crippen LogP) is 2.53. The fourth-order valence-electron chi connectivity index (χ4n) is 2.93. The van der Waals surface area contributed by atoms with Crippen molar-refractivity contribution >= 4 is 33.4 Å². The van der Waals surface area contributed by atoms with Crippen molar-refractivity contribution < 1.29 is 14.7 Å². The number of nitrogens with zero attached hydrogens (tertiary/aromatic N) is 1. The van der Waals surface area contributed by atoms with E-state index in [1.54, 1.807) is 11.6 Å². The van der Waals surface area contributed by atoms with Gasteiger partial charge in [0.2, 0.25) is 0 Å². The maximum atomic E-state index is 12.2. The smallest absolute Gasteiger partial charge is 0.306 e. The second-order valence-electron chi connectivity index (χ2n) is 5.38. The largest absolute Gasteiger partial charge is 0.481 e. The molecule has 0 radical (unpaired) electrons. The number of hydrogen-bond donors (Lipinski definition) is 2. The summed E-state index contributed by atoms with van der Waals surface area (Å²) >= 11 is 1.50. The first-order valence-corrected chi connectivity index (χ1v) is 7.87. The summed E-state index contributed by atoms with van der Waals surface area (Å²) in [5.74, 6) is -1.19. The molecule has 2 aromatic rings. The van der Waals surface area contributed by atoms with E-state index in [4.69, 9.17) is 5.11 Å². The Hall–Kier alpha value is -1.95. The monoisotopic (exact) mass is 304 g/mol. The molecule has 1 heterocycles. The van der Waals surface area contributed by atoms with Gasteiger partial charge in [-0.3, -0.25) is 9.59 Å². The van der Waals surface area contributed by atoms with Crippen molar-refractivity contribution in [3.05, 3.63) is 29.3 Å². The summed E-state index contributed by atoms with van der Waals surface area (Å²) in [6.45, 7) is 0.427. The molecular formula is C15H16N2O3S. The fourth-order valence-corrected chi connectivity index (χ4v) is 3.64. The lowest BCUT2D eigenvalue weighted by molar-refractivity contribution is -0.142. The van der Waals surface area contributed by atoms with Crippen LogP contribution in [0.1, 0.15) is 29.6 Å². The van der Waals surface area contributed by atoms with Crippen LogP contribution >= 0.6 is 11.3 Å². The van der Waals surface area contributed by atoms with E-state index in [2.05, 4.69) is 10.3 Å². The number of rotatable bonds is 4. The average Bonchev–Trinajstić information content (AvgIpc) is 3.12. The first kappa shape index (κ1) is 14.0. The van der Waals surface area contributed by atoms with E-state index in [1.165, 1.54) is 11.3 Å². The SMILES string of the molecule is O=C(NCC1CCCC1C(=O)O)c1ccc2ncsc2c1. The third-order valence-electron chi connectivity index (χ3n) is 4.09. The number of aliphatic carboxylic acids is 1. The van der Waals surface area contributed by atoms with E-state index in [0.29, 0.717) is 18.5 Å². The van der Waals surface area contributed by atoms with Crippen LogP contribution in [0.25, 0.3) is 10.2 Å². The number of carbonyl (C=O) groups excluding carboxylic acids is 1. The number of fused-ring (bicyclic) bond motifs is 1. The molecule has 0 saturated heterocycles. The van der Waals surface area contributed by atoms with Crippen molar-refractivity contribution in [2.75, 3.05) is 6.54 Å². The molecule has 6 heteroatoms. The molecule has 1 saturated carbocycles. The molecule has 2 N–H and O–H groups in total. The van der Waals surface area contributed by atoms with Gasteiger partial charge in [0.1, 0.15) is 0 Å². The maximum Gasteiger partial charge on any atom is 0.306 e. The number of carboxylic acids is 1. The lowest BCUT2D eigenvalue weighted by Gasteiger charge is -2.16. The summed E-state index contributed by atoms with van der Waals surface area (Å²) in [7, 11) is 0. The predicted molar refractivity (Wildman–Crippen MR) is 80.4 cm³/mol. The molecule has 1 aromatic heterocycles. The molecule has 0 aliphatic heterocycles. The van der Waals surface area contributed by atoms with Gasteiger partial charge >= 0.3 is 5.97 Å². The van der Waals surface area contributed by atoms with E-state index in [-0.39, 0.29) is 17.7 Å². The van der Waals surface area contributed by atoms with Gasteiger partial charge in [-0.15, -0.1) is 11.3 Å². The molecule has 1 aliphatic carbocycles. The molecule has 1 aromatic carbocycles. The highest BCUT2D eigenvalue weighted by atomic mass is 32.1. The number of hydrogen-bond acceptors (Lipinski definition) is 4. The topological polar surface area (TPSA) is 79.3 Å². The first-order chi connectivity index (χ1) is 10.1. The molecule has 110 valence electrons. The van der Waals surface area contributed by atoms with Crippen molar-refractivity contribution in [2.24, 2.45) is 11.8 Å². The summed E-state index contributed by atoms with van der Waals surface area (Å²) in [4.78, 5) is 27.5. The van der Waals surface area contributed by atoms with E-state index in [1.807, 2.05) is 12.1 Å². The van der Waals surface area contributed by atoms with Crippen molar-refractivity contribution in [1.29, 1.82) is 0 Å². The number of nitrogens with one attached hydrogen (secondary N) is 1. The molecular weight excluding hydrogens is 288 g/mol. The second-order valence-corrected chi connectivity index (χ2v) is 6.27. The molecule has 1 aliphatic rings. The van der Waals surface area contributed by atoms with Crippen LogP contribution in [-0.4, -0.2) is 28.5 Å². The minimum absolute atomic E-state index is 0.0404. The minimum Gasteiger partial charge on any atom is -0.481 e. The van der Waals surface area contributed by atoms with Gasteiger partial charge in [-0.05, 0) is 37.0 Å². The van der Waals surface area contributed by atoms with Crippen molar-refractivity contribution in [2.45, 2.75) is 19.3 Å². The Labute approximate surface area is 126 Å². The van der Waals surface area contributed by atoms with Crippen molar-refractivity contribution in [3.63, 3.8) is 0 Å². The summed E-state index contributed by atoms with van der Waals surface area (Å²) < 4.78 is 0.979. The van der Waals surface area contributed by atoms with Crippen LogP contribution in [0.5, 0.6) is 0 Å². The molecule has 1 amide bonds. The third-order valence-corrected chi connectivity index (χ3v) is 4.89. The summed E-state index contributed by atoms with van der Waals surface area (Å²) in [5, 5.41) is 12.0. The first-order valence-electron chi connectivity index (χ1n) is 6.99. The summed E-state index contributed by atoms with van der Waals surface area (Å²) in [6, 6.07) is 5.41. The van der Waals surface area contributed by atoms with E-state index in [0.717, 1.165) is 23.1 Å². The number of carbonyl (C=O) groups is 2. The van der Waals surface area contributed by atoms with Gasteiger partial charge in [0.25, 0.3) is 5.91 Å². The zero-order valence-electron chi connectivity index (χ0n) is 11.4. The Kier molecular flexibility index (Phi) is 3.88. The molecule has 2 unspecified atom stereocenters. The van der Waals surface area contributed by atoms with Gasteiger partial charge in [0.15, 0.2) is 0 Å². The lowest BCUT2D eigenvalue weighted by Crippen LogP contribution is -2.33. The molecule has 0 bridgehead atoms. The van der Waals surface area contributed by atoms with Gasteiger partial charge in [0, 0.05) is 12.1 Å². The molecule has 1 fully saturated rings. The van der Waals surface area contributed by atoms with Gasteiger partial charge in [0.05, 0.1) is 21.6 Å². The van der Waals surface area contributed by atoms with Gasteiger partial charge in [-0.25, -0.2) is 4.98 Å². The number of thiazole rings is 1. The van der Waals surface area contributed by atoms with Crippen LogP contribution in [0.2, 0.25) is 0 Å².